The van der Waals surface area contributed by atoms with Gasteiger partial charge in [0.1, 0.15) is 12.4 Å². The average molecular weight is 354 g/mol. The summed E-state index contributed by atoms with van der Waals surface area (Å²) < 4.78 is 10.4. The molecule has 0 bridgehead atoms. The molecule has 0 saturated heterocycles. The Hall–Kier alpha value is -2.88. The maximum atomic E-state index is 12.7. The minimum absolute atomic E-state index is 0.104. The molecule has 1 heterocycles. The molecule has 0 fully saturated rings. The van der Waals surface area contributed by atoms with Gasteiger partial charge < -0.3 is 9.47 Å². The first-order valence-electron chi connectivity index (χ1n) is 8.60. The van der Waals surface area contributed by atoms with Gasteiger partial charge in [-0.15, -0.1) is 0 Å². The molecule has 26 heavy (non-hydrogen) atoms. The molecule has 2 rings (SSSR count). The van der Waals surface area contributed by atoms with Gasteiger partial charge in [0.15, 0.2) is 5.78 Å². The van der Waals surface area contributed by atoms with Gasteiger partial charge in [-0.3, -0.25) is 4.79 Å². The summed E-state index contributed by atoms with van der Waals surface area (Å²) >= 11 is 0. The third kappa shape index (κ3) is 5.59. The highest BCUT2D eigenvalue weighted by atomic mass is 16.5. The number of rotatable bonds is 3. The quantitative estimate of drug-likeness (QED) is 0.561. The first-order valence-corrected chi connectivity index (χ1v) is 8.60. The van der Waals surface area contributed by atoms with E-state index in [0.29, 0.717) is 23.5 Å². The molecular weight excluding hydrogens is 328 g/mol. The fourth-order valence-electron chi connectivity index (χ4n) is 2.38. The number of hydrogen-bond donors (Lipinski definition) is 0. The summed E-state index contributed by atoms with van der Waals surface area (Å²) in [5.74, 6) is -0.118. The van der Waals surface area contributed by atoms with Gasteiger partial charge >= 0.3 is 5.97 Å². The van der Waals surface area contributed by atoms with Gasteiger partial charge in [0.2, 0.25) is 0 Å². The van der Waals surface area contributed by atoms with Crippen molar-refractivity contribution in [3.63, 3.8) is 0 Å². The van der Waals surface area contributed by atoms with Crippen LogP contribution in [0.4, 0.5) is 0 Å². The molecule has 1 aromatic rings. The van der Waals surface area contributed by atoms with Crippen LogP contribution in [0.25, 0.3) is 0 Å². The number of carbonyl (C=O) groups is 2. The van der Waals surface area contributed by atoms with Crippen molar-refractivity contribution < 1.29 is 19.1 Å². The van der Waals surface area contributed by atoms with Crippen molar-refractivity contribution in [2.75, 3.05) is 13.7 Å². The van der Waals surface area contributed by atoms with Gasteiger partial charge in [-0.25, -0.2) is 4.79 Å². The molecule has 4 heteroatoms. The Labute approximate surface area is 155 Å². The highest BCUT2D eigenvalue weighted by Crippen LogP contribution is 2.26. The molecule has 4 nitrogen and oxygen atoms in total. The van der Waals surface area contributed by atoms with E-state index < -0.39 is 5.97 Å². The van der Waals surface area contributed by atoms with Crippen LogP contribution in [-0.4, -0.2) is 25.5 Å². The second-order valence-corrected chi connectivity index (χ2v) is 5.35. The number of Topliss-reactive ketones (excluding diaryl/α,β-unsaturated/α-hetero) is 1. The molecule has 138 valence electrons. The zero-order chi connectivity index (χ0) is 19.5. The third-order valence-electron chi connectivity index (χ3n) is 3.66. The summed E-state index contributed by atoms with van der Waals surface area (Å²) in [5.41, 5.74) is 2.60. The molecule has 1 aliphatic heterocycles. The molecule has 0 atom stereocenters. The van der Waals surface area contributed by atoms with Crippen LogP contribution in [-0.2, 0) is 4.74 Å². The fourth-order valence-corrected chi connectivity index (χ4v) is 2.38. The summed E-state index contributed by atoms with van der Waals surface area (Å²) in [4.78, 5) is 24.4. The number of ether oxygens (including phenoxy) is 2. The second kappa shape index (κ2) is 10.9. The lowest BCUT2D eigenvalue weighted by atomic mass is 9.97. The molecule has 0 amide bonds. The largest absolute Gasteiger partial charge is 0.489 e. The number of allylic oxidation sites excluding steroid dienone is 6. The van der Waals surface area contributed by atoms with E-state index in [-0.39, 0.29) is 12.2 Å². The van der Waals surface area contributed by atoms with Crippen LogP contribution < -0.4 is 4.74 Å². The molecule has 0 N–H and O–H groups in total. The Morgan fingerprint density at radius 3 is 2.69 bits per heavy atom. The maximum absolute atomic E-state index is 12.7. The highest BCUT2D eigenvalue weighted by molar-refractivity contribution is 6.02. The first-order chi connectivity index (χ1) is 12.6. The van der Waals surface area contributed by atoms with E-state index in [1.807, 2.05) is 45.1 Å². The van der Waals surface area contributed by atoms with E-state index in [1.165, 1.54) is 13.2 Å². The Morgan fingerprint density at radius 1 is 1.31 bits per heavy atom. The minimum atomic E-state index is -0.482. The van der Waals surface area contributed by atoms with E-state index in [0.717, 1.165) is 11.1 Å². The second-order valence-electron chi connectivity index (χ2n) is 5.35. The van der Waals surface area contributed by atoms with Crippen molar-refractivity contribution in [3.8, 4) is 5.75 Å². The number of fused-ring (bicyclic) bond motifs is 1. The van der Waals surface area contributed by atoms with Crippen molar-refractivity contribution in [1.29, 1.82) is 0 Å². The van der Waals surface area contributed by atoms with Crippen LogP contribution in [0.2, 0.25) is 0 Å². The van der Waals surface area contributed by atoms with Gasteiger partial charge in [-0.1, -0.05) is 50.3 Å². The lowest BCUT2D eigenvalue weighted by Gasteiger charge is -2.13. The van der Waals surface area contributed by atoms with E-state index in [4.69, 9.17) is 9.47 Å². The number of hydrogen-bond acceptors (Lipinski definition) is 4. The fraction of sp³-hybridized carbons (Fsp3) is 0.273. The first kappa shape index (κ1) is 21.2. The summed E-state index contributed by atoms with van der Waals surface area (Å²) in [6.07, 6.45) is 9.46. The molecule has 0 unspecified atom stereocenters. The predicted molar refractivity (Wildman–Crippen MR) is 105 cm³/mol. The Kier molecular flexibility index (Phi) is 8.85. The maximum Gasteiger partial charge on any atom is 0.337 e. The molecule has 1 aromatic carbocycles. The molecule has 0 aliphatic carbocycles. The van der Waals surface area contributed by atoms with Crippen LogP contribution in [0, 0.1) is 0 Å². The van der Waals surface area contributed by atoms with Crippen LogP contribution in [0.3, 0.4) is 0 Å². The van der Waals surface area contributed by atoms with Crippen molar-refractivity contribution in [2.45, 2.75) is 27.2 Å². The lowest BCUT2D eigenvalue weighted by Crippen LogP contribution is -2.10. The SMILES string of the molecule is C=C\C=C/C1=C(\C)CC(=O)c2cc(C(=O)OC)ccc2OC/C=C\1.CC. The minimum Gasteiger partial charge on any atom is -0.489 e. The zero-order valence-corrected chi connectivity index (χ0v) is 15.9. The standard InChI is InChI=1S/C20H20O4.C2H6/c1-4-5-7-15-8-6-11-24-19-10-9-16(20(22)23-3)13-17(19)18(21)12-14(15)2;1-2/h4-10,13H,1,11-12H2,2-3H3;1-2H3/b7-5-,8-6-,15-14-;. The van der Waals surface area contributed by atoms with E-state index >= 15 is 0 Å². The van der Waals surface area contributed by atoms with Gasteiger partial charge in [-0.2, -0.15) is 0 Å². The zero-order valence-electron chi connectivity index (χ0n) is 15.9. The summed E-state index contributed by atoms with van der Waals surface area (Å²) in [6, 6.07) is 4.75. The average Bonchev–Trinajstić information content (AvgIpc) is 2.67. The number of benzene rings is 1. The Balaban J connectivity index is 0.00000163. The van der Waals surface area contributed by atoms with Crippen LogP contribution >= 0.6 is 0 Å². The molecular formula is C22H26O4. The van der Waals surface area contributed by atoms with Gasteiger partial charge in [-0.05, 0) is 36.8 Å². The van der Waals surface area contributed by atoms with Crippen molar-refractivity contribution >= 4 is 11.8 Å². The number of methoxy groups -OCH3 is 1. The predicted octanol–water partition coefficient (Wildman–Crippen LogP) is 5.08. The monoisotopic (exact) mass is 354 g/mol. The van der Waals surface area contributed by atoms with E-state index in [1.54, 1.807) is 18.2 Å². The number of esters is 1. The molecule has 0 spiro atoms. The molecule has 0 aromatic heterocycles. The van der Waals surface area contributed by atoms with E-state index in [2.05, 4.69) is 6.58 Å². The van der Waals surface area contributed by atoms with Crippen LogP contribution in [0.15, 0.2) is 66.3 Å². The Bertz CT molecular complexity index is 751. The van der Waals surface area contributed by atoms with Crippen molar-refractivity contribution in [2.24, 2.45) is 0 Å². The summed E-state index contributed by atoms with van der Waals surface area (Å²) in [7, 11) is 1.31. The number of carbonyl (C=O) groups excluding carboxylic acids is 2. The highest BCUT2D eigenvalue weighted by Gasteiger charge is 2.18. The smallest absolute Gasteiger partial charge is 0.337 e. The van der Waals surface area contributed by atoms with Crippen LogP contribution in [0.5, 0.6) is 5.75 Å². The Morgan fingerprint density at radius 2 is 2.04 bits per heavy atom. The summed E-state index contributed by atoms with van der Waals surface area (Å²) in [6.45, 7) is 9.90. The van der Waals surface area contributed by atoms with Crippen LogP contribution in [0.1, 0.15) is 47.9 Å². The summed E-state index contributed by atoms with van der Waals surface area (Å²) in [5, 5.41) is 0. The molecule has 0 saturated carbocycles. The third-order valence-corrected chi connectivity index (χ3v) is 3.66. The van der Waals surface area contributed by atoms with E-state index in [9.17, 15) is 9.59 Å². The van der Waals surface area contributed by atoms with Crippen molar-refractivity contribution in [3.05, 3.63) is 77.4 Å². The molecule has 1 aliphatic rings. The van der Waals surface area contributed by atoms with Gasteiger partial charge in [0, 0.05) is 6.42 Å². The van der Waals surface area contributed by atoms with Gasteiger partial charge in [0.25, 0.3) is 0 Å². The lowest BCUT2D eigenvalue weighted by molar-refractivity contribution is 0.0600. The normalized spacial score (nSPS) is 18.1. The van der Waals surface area contributed by atoms with Gasteiger partial charge in [0.05, 0.1) is 18.2 Å². The van der Waals surface area contributed by atoms with Crippen molar-refractivity contribution in [1.82, 2.24) is 0 Å². The molecule has 0 radical (unpaired) electrons. The topological polar surface area (TPSA) is 52.6 Å². The number of ketones is 1.